The average Bonchev–Trinajstić information content (AvgIpc) is 3.52. The number of hydrogen-bond acceptors (Lipinski definition) is 6. The van der Waals surface area contributed by atoms with Crippen LogP contribution in [-0.2, 0) is 0 Å². The van der Waals surface area contributed by atoms with Crippen LogP contribution in [0.25, 0.3) is 5.69 Å². The smallest absolute Gasteiger partial charge is 0.269 e. The molecule has 3 aromatic carbocycles. The maximum Gasteiger partial charge on any atom is 0.269 e. The van der Waals surface area contributed by atoms with Crippen molar-refractivity contribution in [3.05, 3.63) is 136 Å². The Morgan fingerprint density at radius 2 is 1.65 bits per heavy atom. The summed E-state index contributed by atoms with van der Waals surface area (Å²) in [6.45, 7) is 4.25. The molecule has 1 aliphatic heterocycles. The van der Waals surface area contributed by atoms with Crippen molar-refractivity contribution < 1.29 is 9.66 Å². The number of anilines is 1. The number of rotatable bonds is 8. The summed E-state index contributed by atoms with van der Waals surface area (Å²) >= 11 is 7.51. The summed E-state index contributed by atoms with van der Waals surface area (Å²) in [7, 11) is 1.68. The number of non-ortho nitro benzene ring substituents is 1. The minimum absolute atomic E-state index is 0.0778. The molecule has 1 saturated heterocycles. The highest BCUT2D eigenvalue weighted by Gasteiger charge is 2.42. The molecular formula is C33H29N5O3S2. The number of nitro benzene ring substituents is 1. The molecule has 1 fully saturated rings. The van der Waals surface area contributed by atoms with Crippen molar-refractivity contribution in [1.82, 2.24) is 14.9 Å². The Hall–Kier alpha value is -4.67. The number of pyridine rings is 1. The van der Waals surface area contributed by atoms with Gasteiger partial charge in [0, 0.05) is 56.9 Å². The molecule has 43 heavy (non-hydrogen) atoms. The Kier molecular flexibility index (Phi) is 7.88. The van der Waals surface area contributed by atoms with Crippen LogP contribution < -0.4 is 15.0 Å². The van der Waals surface area contributed by atoms with E-state index in [4.69, 9.17) is 21.9 Å². The standard InChI is InChI=1S/C33H29N5O3S2/c1-21-19-29(22(2)36(21)25-7-6-8-26(20-25)41-3)32-31(30-9-4-5-18-34-30)35-33(42)37(32)23-10-14-27(15-11-23)43-28-16-12-24(13-17-28)38(39)40/h4-20,31-32H,1-3H3,(H,35,42)/t31-,32+/m1/s1. The molecule has 2 atom stereocenters. The van der Waals surface area contributed by atoms with Gasteiger partial charge in [-0.05, 0) is 98.4 Å². The maximum absolute atomic E-state index is 11.0. The molecule has 2 aromatic heterocycles. The van der Waals surface area contributed by atoms with E-state index in [0.717, 1.165) is 49.6 Å². The van der Waals surface area contributed by atoms with Crippen LogP contribution in [0.1, 0.15) is 34.7 Å². The van der Waals surface area contributed by atoms with Crippen LogP contribution in [0.15, 0.2) is 113 Å². The fourth-order valence-electron chi connectivity index (χ4n) is 5.63. The molecule has 0 bridgehead atoms. The molecule has 0 unspecified atom stereocenters. The number of aromatic nitrogens is 2. The third-order valence-electron chi connectivity index (χ3n) is 7.60. The Morgan fingerprint density at radius 1 is 0.930 bits per heavy atom. The first-order chi connectivity index (χ1) is 20.8. The molecule has 10 heteroatoms. The highest BCUT2D eigenvalue weighted by Crippen LogP contribution is 2.44. The number of methoxy groups -OCH3 is 1. The molecule has 216 valence electrons. The van der Waals surface area contributed by atoms with Crippen LogP contribution in [0.5, 0.6) is 5.75 Å². The van der Waals surface area contributed by atoms with Gasteiger partial charge >= 0.3 is 0 Å². The van der Waals surface area contributed by atoms with Crippen molar-refractivity contribution in [2.24, 2.45) is 0 Å². The SMILES string of the molecule is COc1cccc(-n2c(C)cc([C@H]3[C@@H](c4ccccn4)NC(=S)N3c3ccc(Sc4ccc([N+](=O)[O-])cc4)cc3)c2C)c1. The Bertz CT molecular complexity index is 1790. The van der Waals surface area contributed by atoms with Gasteiger partial charge in [-0.1, -0.05) is 23.9 Å². The van der Waals surface area contributed by atoms with E-state index in [1.165, 1.54) is 12.1 Å². The minimum atomic E-state index is -0.390. The van der Waals surface area contributed by atoms with Crippen LogP contribution in [0.3, 0.4) is 0 Å². The highest BCUT2D eigenvalue weighted by atomic mass is 32.2. The number of ether oxygens (including phenoxy) is 1. The molecule has 3 heterocycles. The maximum atomic E-state index is 11.0. The van der Waals surface area contributed by atoms with Crippen molar-refractivity contribution in [3.63, 3.8) is 0 Å². The largest absolute Gasteiger partial charge is 0.497 e. The predicted molar refractivity (Wildman–Crippen MR) is 173 cm³/mol. The van der Waals surface area contributed by atoms with E-state index in [-0.39, 0.29) is 22.7 Å². The predicted octanol–water partition coefficient (Wildman–Crippen LogP) is 7.73. The third-order valence-corrected chi connectivity index (χ3v) is 8.93. The van der Waals surface area contributed by atoms with Gasteiger partial charge in [0.15, 0.2) is 5.11 Å². The lowest BCUT2D eigenvalue weighted by Crippen LogP contribution is -2.29. The molecule has 6 rings (SSSR count). The second kappa shape index (κ2) is 11.9. The third kappa shape index (κ3) is 5.59. The minimum Gasteiger partial charge on any atom is -0.497 e. The van der Waals surface area contributed by atoms with E-state index in [1.807, 2.05) is 42.6 Å². The number of benzene rings is 3. The fraction of sp³-hybridized carbons (Fsp3) is 0.152. The zero-order valence-corrected chi connectivity index (χ0v) is 25.4. The first-order valence-electron chi connectivity index (χ1n) is 13.7. The lowest BCUT2D eigenvalue weighted by molar-refractivity contribution is -0.384. The molecule has 8 nitrogen and oxygen atoms in total. The van der Waals surface area contributed by atoms with Gasteiger partial charge in [0.1, 0.15) is 5.75 Å². The lowest BCUT2D eigenvalue weighted by Gasteiger charge is -2.28. The topological polar surface area (TPSA) is 85.5 Å². The number of nitrogens with one attached hydrogen (secondary N) is 1. The van der Waals surface area contributed by atoms with Crippen LogP contribution in [-0.4, -0.2) is 26.7 Å². The fourth-order valence-corrected chi connectivity index (χ4v) is 6.79. The van der Waals surface area contributed by atoms with Crippen LogP contribution >= 0.6 is 24.0 Å². The molecule has 0 amide bonds. The van der Waals surface area contributed by atoms with Gasteiger partial charge in [0.2, 0.25) is 0 Å². The Labute approximate surface area is 259 Å². The Balaban J connectivity index is 1.37. The Morgan fingerprint density at radius 3 is 2.30 bits per heavy atom. The number of thiocarbonyl (C=S) groups is 1. The first-order valence-corrected chi connectivity index (χ1v) is 14.9. The van der Waals surface area contributed by atoms with Crippen molar-refractivity contribution in [2.45, 2.75) is 35.7 Å². The van der Waals surface area contributed by atoms with Crippen LogP contribution in [0.2, 0.25) is 0 Å². The van der Waals surface area contributed by atoms with E-state index < -0.39 is 0 Å². The first kappa shape index (κ1) is 28.4. The lowest BCUT2D eigenvalue weighted by atomic mass is 9.96. The van der Waals surface area contributed by atoms with E-state index in [9.17, 15) is 10.1 Å². The normalized spacial score (nSPS) is 16.3. The zero-order valence-electron chi connectivity index (χ0n) is 23.8. The molecule has 0 saturated carbocycles. The second-order valence-corrected chi connectivity index (χ2v) is 11.7. The molecule has 0 radical (unpaired) electrons. The summed E-state index contributed by atoms with van der Waals surface area (Å²) in [6, 6.07) is 30.7. The van der Waals surface area contributed by atoms with Crippen molar-refractivity contribution in [3.8, 4) is 11.4 Å². The molecule has 1 aliphatic rings. The van der Waals surface area contributed by atoms with Gasteiger partial charge in [0.05, 0.1) is 29.8 Å². The van der Waals surface area contributed by atoms with Gasteiger partial charge in [-0.2, -0.15) is 0 Å². The second-order valence-electron chi connectivity index (χ2n) is 10.2. The van der Waals surface area contributed by atoms with Gasteiger partial charge in [-0.15, -0.1) is 0 Å². The summed E-state index contributed by atoms with van der Waals surface area (Å²) in [6.07, 6.45) is 1.81. The summed E-state index contributed by atoms with van der Waals surface area (Å²) in [5, 5.41) is 15.2. The van der Waals surface area contributed by atoms with Gasteiger partial charge in [0.25, 0.3) is 5.69 Å². The number of nitrogens with zero attached hydrogens (tertiary/aromatic N) is 4. The van der Waals surface area contributed by atoms with Gasteiger partial charge in [-0.25, -0.2) is 0 Å². The summed E-state index contributed by atoms with van der Waals surface area (Å²) in [5.41, 5.74) is 6.34. The van der Waals surface area contributed by atoms with E-state index in [0.29, 0.717) is 5.11 Å². The van der Waals surface area contributed by atoms with E-state index in [2.05, 4.69) is 65.0 Å². The van der Waals surface area contributed by atoms with Crippen LogP contribution in [0.4, 0.5) is 11.4 Å². The summed E-state index contributed by atoms with van der Waals surface area (Å²) in [5.74, 6) is 0.801. The monoisotopic (exact) mass is 607 g/mol. The van der Waals surface area contributed by atoms with Crippen molar-refractivity contribution in [1.29, 1.82) is 0 Å². The number of nitro groups is 1. The van der Waals surface area contributed by atoms with E-state index >= 15 is 0 Å². The van der Waals surface area contributed by atoms with Crippen LogP contribution in [0, 0.1) is 24.0 Å². The summed E-state index contributed by atoms with van der Waals surface area (Å²) in [4.78, 5) is 19.4. The number of aryl methyl sites for hydroxylation is 1. The number of hydrogen-bond donors (Lipinski definition) is 1. The van der Waals surface area contributed by atoms with Gasteiger partial charge in [-0.3, -0.25) is 15.1 Å². The molecular weight excluding hydrogens is 579 g/mol. The summed E-state index contributed by atoms with van der Waals surface area (Å²) < 4.78 is 7.75. The molecule has 5 aromatic rings. The van der Waals surface area contributed by atoms with Crippen molar-refractivity contribution >= 4 is 40.5 Å². The molecule has 0 aliphatic carbocycles. The van der Waals surface area contributed by atoms with Crippen molar-refractivity contribution in [2.75, 3.05) is 12.0 Å². The quantitative estimate of drug-likeness (QED) is 0.109. The molecule has 1 N–H and O–H groups in total. The average molecular weight is 608 g/mol. The van der Waals surface area contributed by atoms with Gasteiger partial charge < -0.3 is 19.5 Å². The zero-order chi connectivity index (χ0) is 30.1. The van der Waals surface area contributed by atoms with E-state index in [1.54, 1.807) is 31.0 Å². The highest BCUT2D eigenvalue weighted by molar-refractivity contribution is 7.99. The molecule has 0 spiro atoms.